The van der Waals surface area contributed by atoms with Crippen LogP contribution in [-0.4, -0.2) is 16.2 Å². The van der Waals surface area contributed by atoms with Crippen molar-refractivity contribution in [1.82, 2.24) is 0 Å². The molecule has 3 nitrogen and oxygen atoms in total. The molecule has 0 amide bonds. The largest absolute Gasteiger partial charge is 0.481 e. The fourth-order valence-corrected chi connectivity index (χ4v) is 2.91. The normalized spacial score (nSPS) is 27.3. The van der Waals surface area contributed by atoms with Crippen molar-refractivity contribution in [2.45, 2.75) is 57.5 Å². The molecule has 1 aromatic rings. The van der Waals surface area contributed by atoms with Crippen LogP contribution in [0.25, 0.3) is 0 Å². The van der Waals surface area contributed by atoms with Gasteiger partial charge in [0.15, 0.2) is 0 Å². The number of hydrogen-bond acceptors (Lipinski definition) is 2. The second kappa shape index (κ2) is 5.21. The minimum atomic E-state index is -0.859. The zero-order chi connectivity index (χ0) is 15.0. The lowest BCUT2D eigenvalue weighted by Gasteiger charge is -2.35. The number of carboxylic acid groups (broad SMARTS) is 1. The Labute approximate surface area is 120 Å². The molecule has 0 radical (unpaired) electrons. The van der Waals surface area contributed by atoms with Crippen LogP contribution in [0.1, 0.15) is 57.6 Å². The Morgan fingerprint density at radius 2 is 1.65 bits per heavy atom. The van der Waals surface area contributed by atoms with E-state index in [0.717, 1.165) is 5.56 Å². The first-order valence-electron chi connectivity index (χ1n) is 7.28. The molecule has 20 heavy (non-hydrogen) atoms. The van der Waals surface area contributed by atoms with Gasteiger partial charge in [-0.15, -0.1) is 0 Å². The maximum atomic E-state index is 11.0. The van der Waals surface area contributed by atoms with Gasteiger partial charge in [-0.05, 0) is 42.2 Å². The summed E-state index contributed by atoms with van der Waals surface area (Å²) in [7, 11) is 0. The monoisotopic (exact) mass is 276 g/mol. The minimum Gasteiger partial charge on any atom is -0.481 e. The Hall–Kier alpha value is -1.35. The maximum Gasteiger partial charge on any atom is 0.306 e. The number of hydrogen-bond donors (Lipinski definition) is 2. The van der Waals surface area contributed by atoms with Gasteiger partial charge in [-0.25, -0.2) is 0 Å². The number of aliphatic carboxylic acids is 1. The Morgan fingerprint density at radius 3 is 2.05 bits per heavy atom. The van der Waals surface area contributed by atoms with Crippen LogP contribution < -0.4 is 0 Å². The quantitative estimate of drug-likeness (QED) is 0.870. The van der Waals surface area contributed by atoms with Gasteiger partial charge in [0.2, 0.25) is 0 Å². The van der Waals surface area contributed by atoms with Crippen molar-refractivity contribution in [2.75, 3.05) is 0 Å². The summed E-state index contributed by atoms with van der Waals surface area (Å²) in [4.78, 5) is 11.0. The van der Waals surface area contributed by atoms with Gasteiger partial charge in [0.25, 0.3) is 0 Å². The molecule has 0 saturated heterocycles. The van der Waals surface area contributed by atoms with Crippen molar-refractivity contribution in [3.05, 3.63) is 35.4 Å². The van der Waals surface area contributed by atoms with Crippen LogP contribution in [0.2, 0.25) is 0 Å². The second-order valence-electron chi connectivity index (χ2n) is 6.97. The maximum absolute atomic E-state index is 11.0. The molecule has 0 heterocycles. The molecule has 3 heteroatoms. The lowest BCUT2D eigenvalue weighted by Crippen LogP contribution is -2.33. The van der Waals surface area contributed by atoms with Gasteiger partial charge < -0.3 is 10.2 Å². The van der Waals surface area contributed by atoms with E-state index in [0.29, 0.717) is 25.7 Å². The fraction of sp³-hybridized carbons (Fsp3) is 0.588. The molecule has 2 rings (SSSR count). The number of carboxylic acids is 1. The highest BCUT2D eigenvalue weighted by atomic mass is 16.4. The average molecular weight is 276 g/mol. The second-order valence-corrected chi connectivity index (χ2v) is 6.97. The summed E-state index contributed by atoms with van der Waals surface area (Å²) in [5.41, 5.74) is 1.39. The Bertz CT molecular complexity index is 474. The first kappa shape index (κ1) is 15.0. The van der Waals surface area contributed by atoms with Crippen LogP contribution in [0.4, 0.5) is 0 Å². The molecule has 0 aromatic heterocycles. The summed E-state index contributed by atoms with van der Waals surface area (Å²) in [5.74, 6) is -1.04. The van der Waals surface area contributed by atoms with Gasteiger partial charge in [0, 0.05) is 0 Å². The zero-order valence-electron chi connectivity index (χ0n) is 12.5. The molecular weight excluding hydrogens is 252 g/mol. The summed E-state index contributed by atoms with van der Waals surface area (Å²) in [6.45, 7) is 6.48. The Balaban J connectivity index is 2.14. The molecule has 2 N–H and O–H groups in total. The van der Waals surface area contributed by atoms with E-state index in [9.17, 15) is 9.90 Å². The predicted molar refractivity (Wildman–Crippen MR) is 78.6 cm³/mol. The third-order valence-electron chi connectivity index (χ3n) is 4.45. The molecular formula is C17H24O3. The first-order valence-corrected chi connectivity index (χ1v) is 7.28. The van der Waals surface area contributed by atoms with Crippen molar-refractivity contribution in [1.29, 1.82) is 0 Å². The lowest BCUT2D eigenvalue weighted by atomic mass is 9.74. The van der Waals surface area contributed by atoms with Gasteiger partial charge in [0.05, 0.1) is 11.5 Å². The molecule has 0 atom stereocenters. The standard InChI is InChI=1S/C17H24O3/c1-16(2,3)13-4-6-14(7-5-13)17(20)10-8-12(9-11-17)15(18)19/h4-7,12,20H,8-11H2,1-3H3,(H,18,19). The van der Waals surface area contributed by atoms with Crippen molar-refractivity contribution in [2.24, 2.45) is 5.92 Å². The molecule has 1 fully saturated rings. The van der Waals surface area contributed by atoms with Crippen LogP contribution in [-0.2, 0) is 15.8 Å². The van der Waals surface area contributed by atoms with Crippen LogP contribution in [0, 0.1) is 5.92 Å². The van der Waals surface area contributed by atoms with E-state index < -0.39 is 11.6 Å². The lowest BCUT2D eigenvalue weighted by molar-refractivity contribution is -0.145. The molecule has 0 spiro atoms. The van der Waals surface area contributed by atoms with Crippen LogP contribution in [0.5, 0.6) is 0 Å². The predicted octanol–water partition coefficient (Wildman–Crippen LogP) is 3.45. The van der Waals surface area contributed by atoms with Crippen LogP contribution in [0.3, 0.4) is 0 Å². The topological polar surface area (TPSA) is 57.5 Å². The third-order valence-corrected chi connectivity index (χ3v) is 4.45. The highest BCUT2D eigenvalue weighted by molar-refractivity contribution is 5.70. The van der Waals surface area contributed by atoms with Crippen LogP contribution >= 0.6 is 0 Å². The number of aliphatic hydroxyl groups is 1. The molecule has 1 aromatic carbocycles. The van der Waals surface area contributed by atoms with Crippen molar-refractivity contribution in [3.8, 4) is 0 Å². The van der Waals surface area contributed by atoms with E-state index >= 15 is 0 Å². The summed E-state index contributed by atoms with van der Waals surface area (Å²) in [5, 5.41) is 19.8. The van der Waals surface area contributed by atoms with Crippen molar-refractivity contribution in [3.63, 3.8) is 0 Å². The van der Waals surface area contributed by atoms with Gasteiger partial charge in [-0.2, -0.15) is 0 Å². The van der Waals surface area contributed by atoms with E-state index in [1.165, 1.54) is 5.56 Å². The van der Waals surface area contributed by atoms with Gasteiger partial charge in [0.1, 0.15) is 0 Å². The van der Waals surface area contributed by atoms with E-state index in [-0.39, 0.29) is 11.3 Å². The molecule has 0 bridgehead atoms. The fourth-order valence-electron chi connectivity index (χ4n) is 2.91. The zero-order valence-corrected chi connectivity index (χ0v) is 12.5. The van der Waals surface area contributed by atoms with E-state index in [1.807, 2.05) is 12.1 Å². The summed E-state index contributed by atoms with van der Waals surface area (Å²) >= 11 is 0. The smallest absolute Gasteiger partial charge is 0.306 e. The number of carbonyl (C=O) groups is 1. The van der Waals surface area contributed by atoms with Gasteiger partial charge in [-0.3, -0.25) is 4.79 Å². The van der Waals surface area contributed by atoms with Crippen LogP contribution in [0.15, 0.2) is 24.3 Å². The Morgan fingerprint density at radius 1 is 1.15 bits per heavy atom. The van der Waals surface area contributed by atoms with Crippen molar-refractivity contribution >= 4 is 5.97 Å². The molecule has 1 saturated carbocycles. The minimum absolute atomic E-state index is 0.0993. The van der Waals surface area contributed by atoms with E-state index in [2.05, 4.69) is 32.9 Å². The summed E-state index contributed by atoms with van der Waals surface area (Å²) in [6.07, 6.45) is 2.15. The van der Waals surface area contributed by atoms with E-state index in [4.69, 9.17) is 5.11 Å². The summed E-state index contributed by atoms with van der Waals surface area (Å²) in [6, 6.07) is 8.11. The van der Waals surface area contributed by atoms with Crippen molar-refractivity contribution < 1.29 is 15.0 Å². The first-order chi connectivity index (χ1) is 9.22. The average Bonchev–Trinajstić information content (AvgIpc) is 2.38. The molecule has 1 aliphatic carbocycles. The molecule has 110 valence electrons. The molecule has 0 aliphatic heterocycles. The number of rotatable bonds is 2. The number of benzene rings is 1. The summed E-state index contributed by atoms with van der Waals surface area (Å²) < 4.78 is 0. The van der Waals surface area contributed by atoms with E-state index in [1.54, 1.807) is 0 Å². The van der Waals surface area contributed by atoms with Gasteiger partial charge >= 0.3 is 5.97 Å². The molecule has 1 aliphatic rings. The Kier molecular flexibility index (Phi) is 3.92. The van der Waals surface area contributed by atoms with Gasteiger partial charge in [-0.1, -0.05) is 45.0 Å². The SMILES string of the molecule is CC(C)(C)c1ccc(C2(O)CCC(C(=O)O)CC2)cc1. The highest BCUT2D eigenvalue weighted by Gasteiger charge is 2.37. The third kappa shape index (κ3) is 3.04. The molecule has 0 unspecified atom stereocenters. The highest BCUT2D eigenvalue weighted by Crippen LogP contribution is 2.40.